The summed E-state index contributed by atoms with van der Waals surface area (Å²) in [7, 11) is 0. The summed E-state index contributed by atoms with van der Waals surface area (Å²) in [6.45, 7) is 6.73. The minimum atomic E-state index is 0.215. The molecule has 1 nitrogen and oxygen atoms in total. The predicted octanol–water partition coefficient (Wildman–Crippen LogP) is 4.78. The van der Waals surface area contributed by atoms with Gasteiger partial charge in [0, 0.05) is 6.04 Å². The average molecular weight is 233 g/mol. The van der Waals surface area contributed by atoms with Crippen molar-refractivity contribution in [3.63, 3.8) is 0 Å². The van der Waals surface area contributed by atoms with Gasteiger partial charge < -0.3 is 5.73 Å². The monoisotopic (exact) mass is 233 g/mol. The predicted molar refractivity (Wildman–Crippen MR) is 76.2 cm³/mol. The van der Waals surface area contributed by atoms with Gasteiger partial charge in [0.05, 0.1) is 0 Å². The van der Waals surface area contributed by atoms with Crippen LogP contribution in [0.25, 0.3) is 0 Å². The summed E-state index contributed by atoms with van der Waals surface area (Å²) in [5.41, 5.74) is 8.91. The zero-order valence-electron chi connectivity index (χ0n) is 11.6. The van der Waals surface area contributed by atoms with E-state index in [4.69, 9.17) is 5.73 Å². The molecule has 2 N–H and O–H groups in total. The van der Waals surface area contributed by atoms with Crippen molar-refractivity contribution in [2.45, 2.75) is 64.8 Å². The van der Waals surface area contributed by atoms with Crippen LogP contribution in [0.4, 0.5) is 0 Å². The molecule has 1 aromatic carbocycles. The normalized spacial score (nSPS) is 14.6. The first-order valence-electron chi connectivity index (χ1n) is 7.04. The highest BCUT2D eigenvalue weighted by Gasteiger charge is 2.07. The third-order valence-corrected chi connectivity index (χ3v) is 3.66. The van der Waals surface area contributed by atoms with Crippen LogP contribution in [0.1, 0.15) is 76.0 Å². The van der Waals surface area contributed by atoms with Gasteiger partial charge in [-0.3, -0.25) is 0 Å². The van der Waals surface area contributed by atoms with Crippen molar-refractivity contribution in [3.05, 3.63) is 35.4 Å². The van der Waals surface area contributed by atoms with E-state index in [1.165, 1.54) is 36.8 Å². The summed E-state index contributed by atoms with van der Waals surface area (Å²) in [5.74, 6) is 0.653. The Kier molecular flexibility index (Phi) is 6.28. The number of unbranched alkanes of at least 4 members (excludes halogenated alkanes) is 2. The van der Waals surface area contributed by atoms with E-state index < -0.39 is 0 Å². The Bertz CT molecular complexity index is 302. The van der Waals surface area contributed by atoms with Crippen LogP contribution in [0.15, 0.2) is 24.3 Å². The SMILES string of the molecule is CCCCCC(N)c1ccc(C(C)CC)cc1. The molecule has 0 aliphatic heterocycles. The lowest BCUT2D eigenvalue weighted by atomic mass is 9.95. The van der Waals surface area contributed by atoms with Gasteiger partial charge in [-0.2, -0.15) is 0 Å². The number of hydrogen-bond acceptors (Lipinski definition) is 1. The van der Waals surface area contributed by atoms with E-state index in [1.807, 2.05) is 0 Å². The summed E-state index contributed by atoms with van der Waals surface area (Å²) >= 11 is 0. The molecule has 1 aromatic rings. The number of benzene rings is 1. The maximum absolute atomic E-state index is 6.19. The smallest absolute Gasteiger partial charge is 0.0294 e. The van der Waals surface area contributed by atoms with Crippen LogP contribution in [0.5, 0.6) is 0 Å². The standard InChI is InChI=1S/C16H27N/c1-4-6-7-8-16(17)15-11-9-14(10-12-15)13(3)5-2/h9-13,16H,4-8,17H2,1-3H3. The highest BCUT2D eigenvalue weighted by Crippen LogP contribution is 2.22. The molecule has 0 aliphatic rings. The fourth-order valence-corrected chi connectivity index (χ4v) is 2.09. The lowest BCUT2D eigenvalue weighted by Crippen LogP contribution is -2.10. The summed E-state index contributed by atoms with van der Waals surface area (Å²) in [6.07, 6.45) is 6.10. The quantitative estimate of drug-likeness (QED) is 0.674. The van der Waals surface area contributed by atoms with Crippen molar-refractivity contribution in [2.75, 3.05) is 0 Å². The minimum Gasteiger partial charge on any atom is -0.324 e. The van der Waals surface area contributed by atoms with Gasteiger partial charge >= 0.3 is 0 Å². The Morgan fingerprint density at radius 3 is 2.12 bits per heavy atom. The average Bonchev–Trinajstić information content (AvgIpc) is 2.38. The highest BCUT2D eigenvalue weighted by atomic mass is 14.6. The number of nitrogens with two attached hydrogens (primary N) is 1. The van der Waals surface area contributed by atoms with Crippen LogP contribution in [-0.4, -0.2) is 0 Å². The summed E-state index contributed by atoms with van der Waals surface area (Å²) in [5, 5.41) is 0. The molecule has 1 heteroatoms. The van der Waals surface area contributed by atoms with E-state index in [2.05, 4.69) is 45.0 Å². The van der Waals surface area contributed by atoms with Gasteiger partial charge in [0.15, 0.2) is 0 Å². The van der Waals surface area contributed by atoms with Gasteiger partial charge in [0.25, 0.3) is 0 Å². The molecule has 2 atom stereocenters. The Labute approximate surface area is 106 Å². The van der Waals surface area contributed by atoms with Crippen molar-refractivity contribution < 1.29 is 0 Å². The highest BCUT2D eigenvalue weighted by molar-refractivity contribution is 5.26. The first-order chi connectivity index (χ1) is 8.19. The zero-order valence-corrected chi connectivity index (χ0v) is 11.6. The molecular weight excluding hydrogens is 206 g/mol. The van der Waals surface area contributed by atoms with E-state index in [1.54, 1.807) is 0 Å². The van der Waals surface area contributed by atoms with E-state index in [0.29, 0.717) is 5.92 Å². The summed E-state index contributed by atoms with van der Waals surface area (Å²) in [6, 6.07) is 9.11. The molecule has 0 spiro atoms. The molecule has 0 fully saturated rings. The Hall–Kier alpha value is -0.820. The van der Waals surface area contributed by atoms with Crippen LogP contribution >= 0.6 is 0 Å². The Morgan fingerprint density at radius 2 is 1.59 bits per heavy atom. The third-order valence-electron chi connectivity index (χ3n) is 3.66. The second-order valence-corrected chi connectivity index (χ2v) is 5.08. The van der Waals surface area contributed by atoms with E-state index in [9.17, 15) is 0 Å². The molecule has 0 saturated carbocycles. The van der Waals surface area contributed by atoms with Gasteiger partial charge in [-0.25, -0.2) is 0 Å². The maximum atomic E-state index is 6.19. The third kappa shape index (κ3) is 4.51. The van der Waals surface area contributed by atoms with E-state index >= 15 is 0 Å². The molecule has 0 saturated heterocycles. The lowest BCUT2D eigenvalue weighted by Gasteiger charge is -2.14. The second kappa shape index (κ2) is 7.50. The van der Waals surface area contributed by atoms with E-state index in [-0.39, 0.29) is 6.04 Å². The molecule has 0 aromatic heterocycles. The molecule has 0 radical (unpaired) electrons. The minimum absolute atomic E-state index is 0.215. The lowest BCUT2D eigenvalue weighted by molar-refractivity contribution is 0.581. The van der Waals surface area contributed by atoms with Crippen LogP contribution in [0, 0.1) is 0 Å². The number of rotatable bonds is 7. The van der Waals surface area contributed by atoms with Gasteiger partial charge in [-0.15, -0.1) is 0 Å². The van der Waals surface area contributed by atoms with Crippen molar-refractivity contribution in [1.29, 1.82) is 0 Å². The fraction of sp³-hybridized carbons (Fsp3) is 0.625. The Balaban J connectivity index is 2.54. The molecule has 0 bridgehead atoms. The first-order valence-corrected chi connectivity index (χ1v) is 7.04. The molecular formula is C16H27N. The fourth-order valence-electron chi connectivity index (χ4n) is 2.09. The van der Waals surface area contributed by atoms with Crippen molar-refractivity contribution in [3.8, 4) is 0 Å². The molecule has 0 aliphatic carbocycles. The topological polar surface area (TPSA) is 26.0 Å². The van der Waals surface area contributed by atoms with Gasteiger partial charge in [-0.05, 0) is 29.9 Å². The van der Waals surface area contributed by atoms with Crippen LogP contribution in [0.2, 0.25) is 0 Å². The molecule has 1 rings (SSSR count). The van der Waals surface area contributed by atoms with Gasteiger partial charge in [-0.1, -0.05) is 64.3 Å². The largest absolute Gasteiger partial charge is 0.324 e. The van der Waals surface area contributed by atoms with Gasteiger partial charge in [0.1, 0.15) is 0 Å². The zero-order chi connectivity index (χ0) is 12.7. The van der Waals surface area contributed by atoms with Crippen molar-refractivity contribution >= 4 is 0 Å². The van der Waals surface area contributed by atoms with Gasteiger partial charge in [0.2, 0.25) is 0 Å². The second-order valence-electron chi connectivity index (χ2n) is 5.08. The van der Waals surface area contributed by atoms with Crippen molar-refractivity contribution in [1.82, 2.24) is 0 Å². The molecule has 96 valence electrons. The van der Waals surface area contributed by atoms with Crippen molar-refractivity contribution in [2.24, 2.45) is 5.73 Å². The van der Waals surface area contributed by atoms with Crippen LogP contribution < -0.4 is 5.73 Å². The molecule has 0 heterocycles. The van der Waals surface area contributed by atoms with E-state index in [0.717, 1.165) is 6.42 Å². The Morgan fingerprint density at radius 1 is 1.00 bits per heavy atom. The van der Waals surface area contributed by atoms with Crippen LogP contribution in [0.3, 0.4) is 0 Å². The maximum Gasteiger partial charge on any atom is 0.0294 e. The molecule has 2 unspecified atom stereocenters. The summed E-state index contributed by atoms with van der Waals surface area (Å²) < 4.78 is 0. The molecule has 0 amide bonds. The molecule has 17 heavy (non-hydrogen) atoms. The summed E-state index contributed by atoms with van der Waals surface area (Å²) in [4.78, 5) is 0. The van der Waals surface area contributed by atoms with Crippen LogP contribution in [-0.2, 0) is 0 Å². The number of hydrogen-bond donors (Lipinski definition) is 1. The first kappa shape index (κ1) is 14.2.